The van der Waals surface area contributed by atoms with Gasteiger partial charge in [-0.2, -0.15) is 4.98 Å². The van der Waals surface area contributed by atoms with Crippen LogP contribution in [-0.4, -0.2) is 63.5 Å². The highest BCUT2D eigenvalue weighted by molar-refractivity contribution is 5.95. The molecule has 2 aromatic carbocycles. The van der Waals surface area contributed by atoms with Gasteiger partial charge in [0.2, 0.25) is 11.7 Å². The molecule has 2 heterocycles. The van der Waals surface area contributed by atoms with E-state index in [1.807, 2.05) is 31.2 Å². The second-order valence-corrected chi connectivity index (χ2v) is 8.47. The summed E-state index contributed by atoms with van der Waals surface area (Å²) in [5, 5.41) is 15.2. The standard InChI is InChI=1S/C24H26FN5O4/c1-16-5-7-18(8-6-16)23-26-22(34-27-23)4-3-9-28-10-12-29(13-11-28)24(31)19-14-20(25)17(2)21(15-19)30(32)33/h5-8,14-15H,3-4,9-13H2,1-2H3. The molecule has 0 spiro atoms. The number of rotatable bonds is 7. The van der Waals surface area contributed by atoms with Crippen LogP contribution in [0.2, 0.25) is 0 Å². The van der Waals surface area contributed by atoms with E-state index in [0.29, 0.717) is 44.3 Å². The number of aryl methyl sites for hydroxylation is 2. The maximum atomic E-state index is 14.1. The smallest absolute Gasteiger partial charge is 0.276 e. The van der Waals surface area contributed by atoms with Crippen LogP contribution in [-0.2, 0) is 6.42 Å². The van der Waals surface area contributed by atoms with Gasteiger partial charge < -0.3 is 9.42 Å². The third-order valence-electron chi connectivity index (χ3n) is 6.06. The van der Waals surface area contributed by atoms with Crippen molar-refractivity contribution in [3.63, 3.8) is 0 Å². The molecule has 9 nitrogen and oxygen atoms in total. The Bertz CT molecular complexity index is 1190. The molecule has 0 bridgehead atoms. The molecule has 4 rings (SSSR count). The van der Waals surface area contributed by atoms with Crippen LogP contribution in [0.3, 0.4) is 0 Å². The number of carbonyl (C=O) groups excluding carboxylic acids is 1. The lowest BCUT2D eigenvalue weighted by molar-refractivity contribution is -0.385. The Labute approximate surface area is 196 Å². The summed E-state index contributed by atoms with van der Waals surface area (Å²) >= 11 is 0. The van der Waals surface area contributed by atoms with Crippen molar-refractivity contribution in [1.82, 2.24) is 19.9 Å². The first kappa shape index (κ1) is 23.5. The average molecular weight is 468 g/mol. The molecule has 1 aromatic heterocycles. The number of hydrogen-bond donors (Lipinski definition) is 0. The summed E-state index contributed by atoms with van der Waals surface area (Å²) < 4.78 is 19.5. The molecule has 0 saturated carbocycles. The Balaban J connectivity index is 1.26. The molecule has 1 aliphatic heterocycles. The van der Waals surface area contributed by atoms with Crippen LogP contribution in [0.1, 0.15) is 33.8 Å². The second-order valence-electron chi connectivity index (χ2n) is 8.47. The highest BCUT2D eigenvalue weighted by Crippen LogP contribution is 2.24. The van der Waals surface area contributed by atoms with Crippen molar-refractivity contribution in [2.45, 2.75) is 26.7 Å². The predicted octanol–water partition coefficient (Wildman–Crippen LogP) is 3.79. The molecule has 0 aliphatic carbocycles. The summed E-state index contributed by atoms with van der Waals surface area (Å²) in [5.41, 5.74) is 1.64. The minimum atomic E-state index is -0.747. The summed E-state index contributed by atoms with van der Waals surface area (Å²) in [6.45, 7) is 6.45. The van der Waals surface area contributed by atoms with Crippen molar-refractivity contribution in [2.75, 3.05) is 32.7 Å². The lowest BCUT2D eigenvalue weighted by Crippen LogP contribution is -2.48. The molecule has 178 valence electrons. The van der Waals surface area contributed by atoms with Gasteiger partial charge in [0.1, 0.15) is 5.82 Å². The first-order valence-electron chi connectivity index (χ1n) is 11.2. The van der Waals surface area contributed by atoms with E-state index < -0.39 is 16.6 Å². The highest BCUT2D eigenvalue weighted by Gasteiger charge is 2.25. The van der Waals surface area contributed by atoms with Gasteiger partial charge in [-0.25, -0.2) is 4.39 Å². The summed E-state index contributed by atoms with van der Waals surface area (Å²) in [6.07, 6.45) is 1.49. The summed E-state index contributed by atoms with van der Waals surface area (Å²) in [7, 11) is 0. The van der Waals surface area contributed by atoms with Gasteiger partial charge in [-0.3, -0.25) is 19.8 Å². The molecule has 3 aromatic rings. The van der Waals surface area contributed by atoms with E-state index >= 15 is 0 Å². The Morgan fingerprint density at radius 2 is 1.85 bits per heavy atom. The zero-order valence-electron chi connectivity index (χ0n) is 19.2. The van der Waals surface area contributed by atoms with Crippen LogP contribution >= 0.6 is 0 Å². The SMILES string of the molecule is Cc1ccc(-c2noc(CCCN3CCN(C(=O)c4cc(F)c(C)c([N+](=O)[O-])c4)CC3)n2)cc1. The number of nitrogens with zero attached hydrogens (tertiary/aromatic N) is 5. The third kappa shape index (κ3) is 5.28. The number of amides is 1. The van der Waals surface area contributed by atoms with Gasteiger partial charge in [-0.1, -0.05) is 35.0 Å². The van der Waals surface area contributed by atoms with Crippen LogP contribution in [0.5, 0.6) is 0 Å². The zero-order chi connectivity index (χ0) is 24.2. The molecular weight excluding hydrogens is 441 g/mol. The number of halogens is 1. The van der Waals surface area contributed by atoms with Crippen molar-refractivity contribution >= 4 is 11.6 Å². The zero-order valence-corrected chi connectivity index (χ0v) is 19.2. The van der Waals surface area contributed by atoms with E-state index in [9.17, 15) is 19.3 Å². The summed E-state index contributed by atoms with van der Waals surface area (Å²) in [5.74, 6) is 0.0289. The first-order valence-corrected chi connectivity index (χ1v) is 11.2. The number of nitro benzene ring substituents is 1. The molecule has 0 unspecified atom stereocenters. The molecule has 1 saturated heterocycles. The van der Waals surface area contributed by atoms with Gasteiger partial charge in [0, 0.05) is 49.8 Å². The number of nitro groups is 1. The fraction of sp³-hybridized carbons (Fsp3) is 0.375. The van der Waals surface area contributed by atoms with Crippen LogP contribution in [0, 0.1) is 29.8 Å². The summed E-state index contributed by atoms with van der Waals surface area (Å²) in [6, 6.07) is 10.2. The quantitative estimate of drug-likeness (QED) is 0.384. The van der Waals surface area contributed by atoms with Crippen molar-refractivity contribution in [1.29, 1.82) is 0 Å². The van der Waals surface area contributed by atoms with Gasteiger partial charge in [0.05, 0.1) is 10.5 Å². The fourth-order valence-corrected chi connectivity index (χ4v) is 3.96. The van der Waals surface area contributed by atoms with E-state index in [0.717, 1.165) is 30.7 Å². The Morgan fingerprint density at radius 3 is 2.53 bits per heavy atom. The van der Waals surface area contributed by atoms with E-state index in [1.165, 1.54) is 12.5 Å². The van der Waals surface area contributed by atoms with Crippen molar-refractivity contribution in [3.8, 4) is 11.4 Å². The number of benzene rings is 2. The van der Waals surface area contributed by atoms with E-state index in [1.54, 1.807) is 4.90 Å². The second kappa shape index (κ2) is 10.1. The lowest BCUT2D eigenvalue weighted by atomic mass is 10.1. The Morgan fingerprint density at radius 1 is 1.15 bits per heavy atom. The third-order valence-corrected chi connectivity index (χ3v) is 6.06. The van der Waals surface area contributed by atoms with Crippen LogP contribution in [0.15, 0.2) is 40.9 Å². The number of hydrogen-bond acceptors (Lipinski definition) is 7. The first-order chi connectivity index (χ1) is 16.3. The molecule has 1 fully saturated rings. The Kier molecular flexibility index (Phi) is 6.97. The van der Waals surface area contributed by atoms with Gasteiger partial charge in [-0.15, -0.1) is 0 Å². The van der Waals surface area contributed by atoms with Crippen LogP contribution in [0.4, 0.5) is 10.1 Å². The van der Waals surface area contributed by atoms with E-state index in [2.05, 4.69) is 15.0 Å². The molecule has 0 atom stereocenters. The molecule has 0 radical (unpaired) electrons. The molecule has 1 amide bonds. The largest absolute Gasteiger partial charge is 0.339 e. The average Bonchev–Trinajstić information content (AvgIpc) is 3.30. The lowest BCUT2D eigenvalue weighted by Gasteiger charge is -2.34. The molecule has 0 N–H and O–H groups in total. The minimum absolute atomic E-state index is 0.00373. The predicted molar refractivity (Wildman–Crippen MR) is 123 cm³/mol. The molecule has 1 aliphatic rings. The fourth-order valence-electron chi connectivity index (χ4n) is 3.96. The van der Waals surface area contributed by atoms with Crippen LogP contribution < -0.4 is 0 Å². The highest BCUT2D eigenvalue weighted by atomic mass is 19.1. The van der Waals surface area contributed by atoms with Crippen molar-refractivity contribution < 1.29 is 18.6 Å². The number of piperazine rings is 1. The maximum absolute atomic E-state index is 14.1. The monoisotopic (exact) mass is 467 g/mol. The topological polar surface area (TPSA) is 106 Å². The maximum Gasteiger partial charge on any atom is 0.276 e. The summed E-state index contributed by atoms with van der Waals surface area (Å²) in [4.78, 5) is 31.6. The normalized spacial score (nSPS) is 14.4. The Hall–Kier alpha value is -3.66. The molecule has 34 heavy (non-hydrogen) atoms. The van der Waals surface area contributed by atoms with E-state index in [4.69, 9.17) is 4.52 Å². The number of aromatic nitrogens is 2. The van der Waals surface area contributed by atoms with Gasteiger partial charge in [0.15, 0.2) is 0 Å². The van der Waals surface area contributed by atoms with Crippen molar-refractivity contribution in [2.24, 2.45) is 0 Å². The van der Waals surface area contributed by atoms with Crippen molar-refractivity contribution in [3.05, 3.63) is 74.9 Å². The minimum Gasteiger partial charge on any atom is -0.339 e. The number of carbonyl (C=O) groups is 1. The molecule has 10 heteroatoms. The molecular formula is C24H26FN5O4. The van der Waals surface area contributed by atoms with Crippen LogP contribution in [0.25, 0.3) is 11.4 Å². The van der Waals surface area contributed by atoms with Gasteiger partial charge in [-0.05, 0) is 32.9 Å². The van der Waals surface area contributed by atoms with Gasteiger partial charge in [0.25, 0.3) is 11.6 Å². The van der Waals surface area contributed by atoms with Gasteiger partial charge >= 0.3 is 0 Å². The van der Waals surface area contributed by atoms with E-state index in [-0.39, 0.29) is 16.8 Å².